The van der Waals surface area contributed by atoms with E-state index >= 15 is 0 Å². The van der Waals surface area contributed by atoms with Gasteiger partial charge in [0, 0.05) is 0 Å². The van der Waals surface area contributed by atoms with Crippen molar-refractivity contribution < 1.29 is 31.4 Å². The van der Waals surface area contributed by atoms with E-state index in [2.05, 4.69) is 0 Å². The lowest BCUT2D eigenvalue weighted by molar-refractivity contribution is -0.951. The second-order valence-electron chi connectivity index (χ2n) is 7.04. The number of nitrogens with zero attached hydrogens (tertiary/aromatic N) is 1. The summed E-state index contributed by atoms with van der Waals surface area (Å²) in [5.41, 5.74) is 0.630. The van der Waals surface area contributed by atoms with E-state index in [4.69, 9.17) is 11.8 Å². The van der Waals surface area contributed by atoms with Crippen LogP contribution >= 0.6 is 24.2 Å². The number of aryl methyl sites for hydroxylation is 1. The maximum Gasteiger partial charge on any atom is 0.370 e. The summed E-state index contributed by atoms with van der Waals surface area (Å²) in [6, 6.07) is 12.7. The molecule has 2 amide bonds. The van der Waals surface area contributed by atoms with E-state index in [1.54, 1.807) is 39.0 Å². The van der Waals surface area contributed by atoms with Gasteiger partial charge >= 0.3 is 11.8 Å². The van der Waals surface area contributed by atoms with Crippen LogP contribution in [0.3, 0.4) is 0 Å². The van der Waals surface area contributed by atoms with E-state index in [1.165, 1.54) is 18.2 Å². The summed E-state index contributed by atoms with van der Waals surface area (Å²) in [6.07, 6.45) is 0.859. The monoisotopic (exact) mass is 448 g/mol. The Hall–Kier alpha value is -1.66. The SMILES string of the molecule is CCc1ccc(C(=O)[NH+](N(Cl)C(=O)c2ccccc2F)C(C)(C)C)cc1.Cl.[Cl-]. The lowest BCUT2D eigenvalue weighted by atomic mass is 10.0. The van der Waals surface area contributed by atoms with Crippen molar-refractivity contribution in [3.05, 3.63) is 71.0 Å². The largest absolute Gasteiger partial charge is 1.00 e. The van der Waals surface area contributed by atoms with Crippen molar-refractivity contribution >= 4 is 36.0 Å². The molecule has 154 valence electrons. The van der Waals surface area contributed by atoms with Gasteiger partial charge in [0.05, 0.1) is 22.9 Å². The van der Waals surface area contributed by atoms with Gasteiger partial charge in [0.1, 0.15) is 11.4 Å². The maximum absolute atomic E-state index is 14.0. The predicted molar refractivity (Wildman–Crippen MR) is 107 cm³/mol. The van der Waals surface area contributed by atoms with E-state index in [0.29, 0.717) is 5.56 Å². The van der Waals surface area contributed by atoms with Gasteiger partial charge in [0.15, 0.2) is 0 Å². The third kappa shape index (κ3) is 5.92. The van der Waals surface area contributed by atoms with Gasteiger partial charge in [-0.15, -0.1) is 17.4 Å². The first-order valence-electron chi connectivity index (χ1n) is 8.42. The van der Waals surface area contributed by atoms with Crippen molar-refractivity contribution in [3.8, 4) is 0 Å². The molecule has 1 N–H and O–H groups in total. The Morgan fingerprint density at radius 3 is 2.07 bits per heavy atom. The molecule has 2 aromatic carbocycles. The number of carbonyl (C=O) groups excluding carboxylic acids is 2. The summed E-state index contributed by atoms with van der Waals surface area (Å²) in [6.45, 7) is 7.37. The quantitative estimate of drug-likeness (QED) is 0.558. The molecule has 0 aromatic heterocycles. The molecule has 1 atom stereocenters. The first kappa shape index (κ1) is 26.3. The first-order valence-corrected chi connectivity index (χ1v) is 8.76. The van der Waals surface area contributed by atoms with E-state index in [1.807, 2.05) is 19.1 Å². The summed E-state index contributed by atoms with van der Waals surface area (Å²) < 4.78 is 14.7. The number of hydrogen-bond acceptors (Lipinski definition) is 2. The Kier molecular flexibility index (Phi) is 10.1. The van der Waals surface area contributed by atoms with Crippen molar-refractivity contribution in [2.45, 2.75) is 39.7 Å². The number of hydrogen-bond donors (Lipinski definition) is 1. The van der Waals surface area contributed by atoms with Crippen LogP contribution in [0.1, 0.15) is 54.0 Å². The fourth-order valence-corrected chi connectivity index (χ4v) is 3.02. The molecular formula is C20H24Cl3FN2O2. The molecule has 0 aliphatic rings. The highest BCUT2D eigenvalue weighted by Gasteiger charge is 2.42. The van der Waals surface area contributed by atoms with Gasteiger partial charge in [-0.1, -0.05) is 35.7 Å². The molecule has 0 aliphatic carbocycles. The fraction of sp³-hybridized carbons (Fsp3) is 0.300. The third-order valence-corrected chi connectivity index (χ3v) is 4.35. The van der Waals surface area contributed by atoms with Crippen LogP contribution in [0, 0.1) is 5.82 Å². The second kappa shape index (κ2) is 10.8. The molecule has 8 heteroatoms. The maximum atomic E-state index is 14.0. The van der Waals surface area contributed by atoms with Crippen LogP contribution < -0.4 is 17.4 Å². The number of nitrogens with one attached hydrogen (secondary N) is 1. The van der Waals surface area contributed by atoms with Crippen molar-refractivity contribution in [3.63, 3.8) is 0 Å². The molecule has 4 nitrogen and oxygen atoms in total. The number of benzene rings is 2. The average Bonchev–Trinajstić information content (AvgIpc) is 2.60. The topological polar surface area (TPSA) is 41.8 Å². The Morgan fingerprint density at radius 1 is 1.07 bits per heavy atom. The highest BCUT2D eigenvalue weighted by molar-refractivity contribution is 6.23. The summed E-state index contributed by atoms with van der Waals surface area (Å²) in [5.74, 6) is -1.82. The average molecular weight is 450 g/mol. The molecule has 0 saturated heterocycles. The lowest BCUT2D eigenvalue weighted by Crippen LogP contribution is -3.25. The van der Waals surface area contributed by atoms with Crippen molar-refractivity contribution in [1.82, 2.24) is 4.53 Å². The molecule has 28 heavy (non-hydrogen) atoms. The zero-order valence-corrected chi connectivity index (χ0v) is 18.5. The summed E-state index contributed by atoms with van der Waals surface area (Å²) in [5, 5.41) is 0.0941. The molecule has 2 aromatic rings. The zero-order chi connectivity index (χ0) is 19.5. The second-order valence-corrected chi connectivity index (χ2v) is 7.38. The normalized spacial score (nSPS) is 11.6. The van der Waals surface area contributed by atoms with Gasteiger partial charge in [-0.2, -0.15) is 0 Å². The van der Waals surface area contributed by atoms with Crippen molar-refractivity contribution in [2.75, 3.05) is 0 Å². The van der Waals surface area contributed by atoms with Gasteiger partial charge in [0.2, 0.25) is 0 Å². The third-order valence-electron chi connectivity index (χ3n) is 4.03. The standard InChI is InChI=1S/C20H22ClFN2O2.2ClH/c1-5-14-10-12-15(13-11-14)18(25)23(20(2,3)4)24(21)19(26)16-8-6-7-9-17(16)22;;/h6-13H,5H2,1-4H3;2*1H. The van der Waals surface area contributed by atoms with Gasteiger partial charge < -0.3 is 12.4 Å². The molecule has 0 bridgehead atoms. The predicted octanol–water partition coefficient (Wildman–Crippen LogP) is 0.849. The van der Waals surface area contributed by atoms with Crippen LogP contribution in [-0.2, 0) is 6.42 Å². The fourth-order valence-electron chi connectivity index (χ4n) is 2.59. The van der Waals surface area contributed by atoms with Crippen LogP contribution in [0.5, 0.6) is 0 Å². The van der Waals surface area contributed by atoms with Gasteiger partial charge in [0.25, 0.3) is 0 Å². The van der Waals surface area contributed by atoms with E-state index < -0.39 is 17.3 Å². The highest BCUT2D eigenvalue weighted by Crippen LogP contribution is 2.12. The Morgan fingerprint density at radius 2 is 1.61 bits per heavy atom. The van der Waals surface area contributed by atoms with E-state index in [9.17, 15) is 14.0 Å². The molecule has 0 spiro atoms. The number of halogens is 4. The van der Waals surface area contributed by atoms with Gasteiger partial charge in [-0.25, -0.2) is 9.18 Å². The van der Waals surface area contributed by atoms with Gasteiger partial charge in [-0.3, -0.25) is 4.79 Å². The first-order chi connectivity index (χ1) is 12.2. The number of carbonyl (C=O) groups is 2. The minimum absolute atomic E-state index is 0. The summed E-state index contributed by atoms with van der Waals surface area (Å²) in [4.78, 5) is 25.7. The van der Waals surface area contributed by atoms with Crippen LogP contribution in [-0.4, -0.2) is 21.9 Å². The van der Waals surface area contributed by atoms with E-state index in [0.717, 1.165) is 16.5 Å². The Labute approximate surface area is 182 Å². The van der Waals surface area contributed by atoms with Crippen LogP contribution in [0.4, 0.5) is 4.39 Å². The van der Waals surface area contributed by atoms with Crippen LogP contribution in [0.15, 0.2) is 48.5 Å². The molecule has 0 heterocycles. The minimum atomic E-state index is -0.770. The minimum Gasteiger partial charge on any atom is -1.00 e. The van der Waals surface area contributed by atoms with Gasteiger partial charge in [-0.05, 0) is 57.0 Å². The number of rotatable bonds is 3. The highest BCUT2D eigenvalue weighted by atomic mass is 35.5. The molecule has 2 rings (SSSR count). The number of amides is 2. The number of quaternary nitrogens is 1. The summed E-state index contributed by atoms with van der Waals surface area (Å²) >= 11 is 6.25. The van der Waals surface area contributed by atoms with Crippen LogP contribution in [0.2, 0.25) is 0 Å². The molecule has 0 radical (unpaired) electrons. The molecule has 1 unspecified atom stereocenters. The summed E-state index contributed by atoms with van der Waals surface area (Å²) in [7, 11) is 0. The lowest BCUT2D eigenvalue weighted by Gasteiger charge is -2.33. The Bertz CT molecular complexity index is 808. The molecule has 0 saturated carbocycles. The smallest absolute Gasteiger partial charge is 0.370 e. The molecular weight excluding hydrogens is 426 g/mol. The molecule has 0 aliphatic heterocycles. The molecule has 0 fully saturated rings. The van der Waals surface area contributed by atoms with Crippen molar-refractivity contribution in [1.29, 1.82) is 0 Å². The van der Waals surface area contributed by atoms with Crippen LogP contribution in [0.25, 0.3) is 0 Å². The van der Waals surface area contributed by atoms with Crippen molar-refractivity contribution in [2.24, 2.45) is 0 Å². The van der Waals surface area contributed by atoms with E-state index in [-0.39, 0.29) is 41.3 Å². The Balaban J connectivity index is 0.00000364. The zero-order valence-electron chi connectivity index (χ0n) is 16.1.